The number of hydrogen-bond acceptors (Lipinski definition) is 5. The molecule has 3 aromatic carbocycles. The van der Waals surface area contributed by atoms with Gasteiger partial charge in [-0.2, -0.15) is 13.2 Å². The Morgan fingerprint density at radius 1 is 1.05 bits per heavy atom. The molecule has 9 heteroatoms. The van der Waals surface area contributed by atoms with Crippen LogP contribution < -0.4 is 15.8 Å². The van der Waals surface area contributed by atoms with Crippen LogP contribution in [-0.4, -0.2) is 50.8 Å². The van der Waals surface area contributed by atoms with Gasteiger partial charge in [0.1, 0.15) is 12.4 Å². The number of hydrogen-bond donors (Lipinski definition) is 3. The van der Waals surface area contributed by atoms with Crippen LogP contribution in [0.4, 0.5) is 18.9 Å². The largest absolute Gasteiger partial charge is 0.492 e. The van der Waals surface area contributed by atoms with E-state index in [1.54, 1.807) is 56.6 Å². The molecule has 0 aliphatic rings. The van der Waals surface area contributed by atoms with E-state index < -0.39 is 11.7 Å². The lowest BCUT2D eigenvalue weighted by Crippen LogP contribution is -2.22. The topological polar surface area (TPSA) is 91.4 Å². The number of allylic oxidation sites excluding steroid dienone is 1. The molecule has 0 bridgehead atoms. The van der Waals surface area contributed by atoms with Crippen LogP contribution in [0.25, 0.3) is 11.1 Å². The van der Waals surface area contributed by atoms with Crippen LogP contribution in [-0.2, 0) is 11.0 Å². The first-order chi connectivity index (χ1) is 19.6. The van der Waals surface area contributed by atoms with Crippen LogP contribution in [0.1, 0.15) is 41.2 Å². The number of halogens is 3. The highest BCUT2D eigenvalue weighted by molar-refractivity contribution is 6.00. The quantitative estimate of drug-likeness (QED) is 0.0796. The van der Waals surface area contributed by atoms with E-state index in [2.05, 4.69) is 5.32 Å². The Kier molecular flexibility index (Phi) is 10.9. The molecular weight excluding hydrogens is 529 g/mol. The number of benzene rings is 3. The summed E-state index contributed by atoms with van der Waals surface area (Å²) in [5.41, 5.74) is 8.82. The van der Waals surface area contributed by atoms with Crippen molar-refractivity contribution in [2.45, 2.75) is 19.5 Å². The van der Waals surface area contributed by atoms with Crippen molar-refractivity contribution in [2.75, 3.05) is 39.5 Å². The number of nitrogens with zero attached hydrogens (tertiary/aromatic N) is 1. The number of amides is 1. The Labute approximate surface area is 238 Å². The van der Waals surface area contributed by atoms with Crippen LogP contribution in [0.2, 0.25) is 0 Å². The van der Waals surface area contributed by atoms with Gasteiger partial charge in [-0.25, -0.2) is 0 Å². The lowest BCUT2D eigenvalue weighted by molar-refractivity contribution is -0.137. The van der Waals surface area contributed by atoms with Gasteiger partial charge in [-0.3, -0.25) is 4.79 Å². The number of ether oxygens (including phenoxy) is 1. The lowest BCUT2D eigenvalue weighted by Gasteiger charge is -2.20. The molecule has 0 radical (unpaired) electrons. The second kappa shape index (κ2) is 14.3. The summed E-state index contributed by atoms with van der Waals surface area (Å²) in [6.07, 6.45) is 0.195. The highest BCUT2D eigenvalue weighted by atomic mass is 19.4. The molecule has 216 valence electrons. The summed E-state index contributed by atoms with van der Waals surface area (Å²) in [6.45, 7) is 3.29. The third-order valence-corrected chi connectivity index (χ3v) is 6.40. The maximum absolute atomic E-state index is 14.0. The van der Waals surface area contributed by atoms with E-state index in [0.29, 0.717) is 65.4 Å². The van der Waals surface area contributed by atoms with Crippen LogP contribution >= 0.6 is 0 Å². The van der Waals surface area contributed by atoms with Gasteiger partial charge in [0.2, 0.25) is 5.91 Å². The molecule has 0 unspecified atom stereocenters. The van der Waals surface area contributed by atoms with Gasteiger partial charge in [0.25, 0.3) is 0 Å². The number of alkyl halides is 3. The maximum atomic E-state index is 14.0. The van der Waals surface area contributed by atoms with Gasteiger partial charge in [-0.05, 0) is 64.6 Å². The highest BCUT2D eigenvalue weighted by Gasteiger charge is 2.34. The van der Waals surface area contributed by atoms with Crippen molar-refractivity contribution < 1.29 is 22.7 Å². The van der Waals surface area contributed by atoms with E-state index in [-0.39, 0.29) is 11.5 Å². The fourth-order valence-corrected chi connectivity index (χ4v) is 4.32. The molecule has 0 atom stereocenters. The molecule has 0 fully saturated rings. The molecule has 0 saturated heterocycles. The summed E-state index contributed by atoms with van der Waals surface area (Å²) < 4.78 is 47.9. The minimum atomic E-state index is -4.52. The minimum Gasteiger partial charge on any atom is -0.492 e. The van der Waals surface area contributed by atoms with Crippen LogP contribution in [0.3, 0.4) is 0 Å². The van der Waals surface area contributed by atoms with Crippen molar-refractivity contribution in [3.8, 4) is 5.75 Å². The molecule has 0 spiro atoms. The number of likely N-dealkylation sites (N-methyl/N-ethyl adjacent to an activating group) is 1. The predicted molar refractivity (Wildman–Crippen MR) is 159 cm³/mol. The van der Waals surface area contributed by atoms with Crippen molar-refractivity contribution >= 4 is 29.0 Å². The molecular formula is C32H35F3N4O2. The molecule has 0 heterocycles. The molecule has 4 N–H and O–H groups in total. The zero-order valence-corrected chi connectivity index (χ0v) is 23.4. The molecule has 3 rings (SSSR count). The number of carbonyl (C=O) groups excluding carboxylic acids is 1. The van der Waals surface area contributed by atoms with E-state index >= 15 is 0 Å². The monoisotopic (exact) mass is 564 g/mol. The second-order valence-electron chi connectivity index (χ2n) is 9.45. The van der Waals surface area contributed by atoms with E-state index in [1.807, 2.05) is 19.1 Å². The molecule has 3 aromatic rings. The summed E-state index contributed by atoms with van der Waals surface area (Å²) in [5.74, 6) is 0.525. The molecule has 0 aromatic heterocycles. The number of nitrogen functional groups attached to an aromatic ring is 1. The fraction of sp³-hybridized carbons (Fsp3) is 0.250. The molecule has 0 aliphatic carbocycles. The van der Waals surface area contributed by atoms with E-state index in [9.17, 15) is 18.0 Å². The molecule has 1 amide bonds. The number of carbonyl (C=O) groups is 1. The van der Waals surface area contributed by atoms with Gasteiger partial charge in [0, 0.05) is 50.7 Å². The van der Waals surface area contributed by atoms with Gasteiger partial charge in [-0.15, -0.1) is 0 Å². The summed E-state index contributed by atoms with van der Waals surface area (Å²) in [7, 11) is 3.37. The Morgan fingerprint density at radius 3 is 2.37 bits per heavy atom. The minimum absolute atomic E-state index is 0.0855. The van der Waals surface area contributed by atoms with Gasteiger partial charge in [0.05, 0.1) is 5.56 Å². The average Bonchev–Trinajstić information content (AvgIpc) is 2.95. The summed E-state index contributed by atoms with van der Waals surface area (Å²) >= 11 is 0. The molecule has 0 saturated carbocycles. The van der Waals surface area contributed by atoms with Crippen LogP contribution in [0, 0.1) is 5.41 Å². The molecule has 0 aliphatic heterocycles. The average molecular weight is 565 g/mol. The highest BCUT2D eigenvalue weighted by Crippen LogP contribution is 2.41. The van der Waals surface area contributed by atoms with E-state index in [4.69, 9.17) is 15.9 Å². The zero-order chi connectivity index (χ0) is 30.0. The van der Waals surface area contributed by atoms with Crippen molar-refractivity contribution in [3.05, 3.63) is 107 Å². The first kappa shape index (κ1) is 31.2. The number of nitrogens with two attached hydrogens (primary N) is 1. The summed E-state index contributed by atoms with van der Waals surface area (Å²) in [4.78, 5) is 13.0. The smallest absolute Gasteiger partial charge is 0.416 e. The van der Waals surface area contributed by atoms with Crippen LogP contribution in [0.5, 0.6) is 5.75 Å². The fourth-order valence-electron chi connectivity index (χ4n) is 4.32. The predicted octanol–water partition coefficient (Wildman–Crippen LogP) is 6.27. The standard InChI is InChI=1S/C32H35F3N4O2/c1-4-26(27-8-5-6-9-28(27)32(33,34)35)31(23-13-16-29(37)24(20-23)21-36)22-11-14-25(15-12-22)41-19-18-38-17-7-10-30(40)39(2)3/h5-16,20-21,36,38H,4,17-19,37H2,1-3H3/b10-7+,31-26+,36-21?. The van der Waals surface area contributed by atoms with Gasteiger partial charge >= 0.3 is 6.18 Å². The van der Waals surface area contributed by atoms with Crippen LogP contribution in [0.15, 0.2) is 78.9 Å². The van der Waals surface area contributed by atoms with Crippen molar-refractivity contribution in [3.63, 3.8) is 0 Å². The summed E-state index contributed by atoms with van der Waals surface area (Å²) in [5, 5.41) is 10.9. The van der Waals surface area contributed by atoms with Gasteiger partial charge in [0.15, 0.2) is 0 Å². The van der Waals surface area contributed by atoms with E-state index in [1.165, 1.54) is 23.1 Å². The van der Waals surface area contributed by atoms with Gasteiger partial charge < -0.3 is 26.1 Å². The normalized spacial score (nSPS) is 12.2. The molecule has 41 heavy (non-hydrogen) atoms. The number of rotatable bonds is 12. The Hall–Kier alpha value is -4.37. The number of anilines is 1. The van der Waals surface area contributed by atoms with E-state index in [0.717, 1.165) is 12.3 Å². The second-order valence-corrected chi connectivity index (χ2v) is 9.45. The Bertz CT molecular complexity index is 1410. The first-order valence-electron chi connectivity index (χ1n) is 13.2. The third kappa shape index (κ3) is 8.31. The van der Waals surface area contributed by atoms with Crippen molar-refractivity contribution in [1.82, 2.24) is 10.2 Å². The van der Waals surface area contributed by atoms with Gasteiger partial charge in [-0.1, -0.05) is 49.4 Å². The third-order valence-electron chi connectivity index (χ3n) is 6.40. The SMILES string of the molecule is CC/C(=C(/c1ccc(OCCNC/C=C/C(=O)N(C)C)cc1)c1ccc(N)c(C=N)c1)c1ccccc1C(F)(F)F. The maximum Gasteiger partial charge on any atom is 0.416 e. The lowest BCUT2D eigenvalue weighted by atomic mass is 9.85. The zero-order valence-electron chi connectivity index (χ0n) is 23.4. The Morgan fingerprint density at radius 2 is 1.73 bits per heavy atom. The first-order valence-corrected chi connectivity index (χ1v) is 13.2. The van der Waals surface area contributed by atoms with Crippen molar-refractivity contribution in [1.29, 1.82) is 5.41 Å². The van der Waals surface area contributed by atoms with Crippen molar-refractivity contribution in [2.24, 2.45) is 0 Å². The Balaban J connectivity index is 1.91. The molecule has 6 nitrogen and oxygen atoms in total. The summed E-state index contributed by atoms with van der Waals surface area (Å²) in [6, 6.07) is 17.9. The number of nitrogens with one attached hydrogen (secondary N) is 2.